The molecule has 45 heavy (non-hydrogen) atoms. The van der Waals surface area contributed by atoms with Crippen LogP contribution in [0.3, 0.4) is 0 Å². The van der Waals surface area contributed by atoms with Crippen LogP contribution in [0.2, 0.25) is 20.1 Å². The largest absolute Gasteiger partial charge is 0.393 e. The molecule has 1 fully saturated rings. The molecule has 0 aliphatic carbocycles. The molecule has 1 heterocycles. The highest BCUT2D eigenvalue weighted by atomic mass is 35.5. The number of amides is 2. The van der Waals surface area contributed by atoms with Crippen molar-refractivity contribution in [3.8, 4) is 0 Å². The van der Waals surface area contributed by atoms with E-state index in [0.717, 1.165) is 16.4 Å². The van der Waals surface area contributed by atoms with Gasteiger partial charge in [-0.1, -0.05) is 46.4 Å². The van der Waals surface area contributed by atoms with Crippen LogP contribution in [0.5, 0.6) is 0 Å². The molecule has 23 heteroatoms. The Morgan fingerprint density at radius 3 is 1.80 bits per heavy atom. The van der Waals surface area contributed by atoms with Crippen LogP contribution < -0.4 is 15.8 Å². The molecule has 3 rings (SSSR count). The smallest absolute Gasteiger partial charge is 0.321 e. The Morgan fingerprint density at radius 1 is 0.778 bits per heavy atom. The lowest BCUT2D eigenvalue weighted by Crippen LogP contribution is -2.71. The zero-order chi connectivity index (χ0) is 34.7. The molecule has 248 valence electrons. The van der Waals surface area contributed by atoms with Crippen molar-refractivity contribution in [2.75, 3.05) is 10.3 Å². The number of hydrogen-bond donors (Lipinski definition) is 2. The summed E-state index contributed by atoms with van der Waals surface area (Å²) in [6.07, 6.45) is -0.526. The third kappa shape index (κ3) is 6.27. The molecule has 0 atom stereocenters. The summed E-state index contributed by atoms with van der Waals surface area (Å²) >= 11 is 27.5. The molecular formula is C22H9Cl5F12N4O2. The molecule has 0 radical (unpaired) electrons. The Hall–Kier alpha value is -2.54. The van der Waals surface area contributed by atoms with E-state index in [1.807, 2.05) is 0 Å². The second-order valence-electron chi connectivity index (χ2n) is 8.78. The Balaban J connectivity index is 1.90. The van der Waals surface area contributed by atoms with E-state index >= 15 is 0 Å². The molecule has 1 aliphatic rings. The molecule has 0 aromatic heterocycles. The number of benzene rings is 2. The second-order valence-corrected chi connectivity index (χ2v) is 10.9. The first-order chi connectivity index (χ1) is 20.2. The first-order valence-electron chi connectivity index (χ1n) is 11.1. The topological polar surface area (TPSA) is 73.8 Å². The summed E-state index contributed by atoms with van der Waals surface area (Å²) < 4.78 is 164. The third-order valence-electron chi connectivity index (χ3n) is 5.69. The number of alkyl halides is 13. The molecule has 0 bridgehead atoms. The van der Waals surface area contributed by atoms with Gasteiger partial charge in [0.15, 0.2) is 0 Å². The predicted molar refractivity (Wildman–Crippen MR) is 139 cm³/mol. The zero-order valence-corrected chi connectivity index (χ0v) is 24.5. The average molecular weight is 767 g/mol. The Labute approximate surface area is 267 Å². The van der Waals surface area contributed by atoms with E-state index in [1.54, 1.807) is 0 Å². The Kier molecular flexibility index (Phi) is 9.78. The van der Waals surface area contributed by atoms with Crippen molar-refractivity contribution in [1.82, 2.24) is 5.43 Å². The number of nitrogens with one attached hydrogen (secondary N) is 2. The van der Waals surface area contributed by atoms with Gasteiger partial charge in [-0.2, -0.15) is 52.7 Å². The van der Waals surface area contributed by atoms with E-state index in [0.29, 0.717) is 12.1 Å². The number of carbonyl (C=O) groups excluding carboxylic acids is 2. The first kappa shape index (κ1) is 36.9. The molecule has 6 nitrogen and oxygen atoms in total. The van der Waals surface area contributed by atoms with Crippen molar-refractivity contribution in [2.24, 2.45) is 4.99 Å². The van der Waals surface area contributed by atoms with E-state index in [-0.39, 0.29) is 31.6 Å². The molecular weight excluding hydrogens is 758 g/mol. The lowest BCUT2D eigenvalue weighted by atomic mass is 9.94. The number of nitrogens with zero attached hydrogens (tertiary/aromatic N) is 2. The molecule has 2 aromatic rings. The molecule has 2 N–H and O–H groups in total. The fourth-order valence-electron chi connectivity index (χ4n) is 3.39. The number of aliphatic imine (C=N–C) groups is 1. The number of rotatable bonds is 9. The summed E-state index contributed by atoms with van der Waals surface area (Å²) in [5, 5.41) is -5.30. The van der Waals surface area contributed by atoms with E-state index in [2.05, 4.69) is 22.0 Å². The van der Waals surface area contributed by atoms with Gasteiger partial charge in [-0.3, -0.25) is 15.0 Å². The number of halogens is 17. The fraction of sp³-hybridized carbons (Fsp3) is 0.318. The van der Waals surface area contributed by atoms with Gasteiger partial charge in [-0.15, -0.1) is 0 Å². The maximum atomic E-state index is 14.3. The van der Waals surface area contributed by atoms with Gasteiger partial charge in [-0.05, 0) is 41.9 Å². The molecule has 0 spiro atoms. The Bertz CT molecular complexity index is 1550. The minimum absolute atomic E-state index is 0.0805. The van der Waals surface area contributed by atoms with Crippen LogP contribution in [0, 0.1) is 0 Å². The van der Waals surface area contributed by atoms with Gasteiger partial charge < -0.3 is 5.32 Å². The van der Waals surface area contributed by atoms with Gasteiger partial charge in [0, 0.05) is 10.7 Å². The highest BCUT2D eigenvalue weighted by Gasteiger charge is 2.91. The number of hydrazine groups is 1. The van der Waals surface area contributed by atoms with Gasteiger partial charge in [0.25, 0.3) is 5.91 Å². The lowest BCUT2D eigenvalue weighted by Gasteiger charge is -2.39. The first-order valence-corrected chi connectivity index (χ1v) is 13.0. The van der Waals surface area contributed by atoms with Gasteiger partial charge in [-0.25, -0.2) is 10.0 Å². The van der Waals surface area contributed by atoms with Crippen molar-refractivity contribution in [1.29, 1.82) is 0 Å². The summed E-state index contributed by atoms with van der Waals surface area (Å²) in [5.74, 6) is -42.6. The van der Waals surface area contributed by atoms with Crippen molar-refractivity contribution in [2.45, 2.75) is 41.4 Å². The molecule has 1 saturated heterocycles. The van der Waals surface area contributed by atoms with Crippen LogP contribution in [0.4, 0.5) is 69.7 Å². The standard InChI is InChI=1S/C22H9Cl5F12N4O2/c23-7-3-10(25)15(11(26)4-7)43-14(44)6-13(42-43)41-12-5-8(1-2-9(12)24)40-16(45)17(28,29)18(30,31)19(32,33)20(34,35)21(36,37)22(27,38)39/h1-5H,6H2,(H,40,45)(H,41,42). The van der Waals surface area contributed by atoms with Crippen molar-refractivity contribution in [3.05, 3.63) is 50.4 Å². The second kappa shape index (κ2) is 11.9. The quantitative estimate of drug-likeness (QED) is 0.198. The summed E-state index contributed by atoms with van der Waals surface area (Å²) in [4.78, 5) is 28.3. The van der Waals surface area contributed by atoms with Crippen molar-refractivity contribution >= 4 is 92.7 Å². The fourth-order valence-corrected chi connectivity index (χ4v) is 4.65. The molecule has 2 aromatic carbocycles. The van der Waals surface area contributed by atoms with Gasteiger partial charge >= 0.3 is 40.9 Å². The normalized spacial score (nSPS) is 16.3. The number of hydrogen-bond acceptors (Lipinski definition) is 3. The van der Waals surface area contributed by atoms with Crippen LogP contribution in [0.15, 0.2) is 35.3 Å². The predicted octanol–water partition coefficient (Wildman–Crippen LogP) is 9.22. The van der Waals surface area contributed by atoms with Crippen molar-refractivity contribution in [3.63, 3.8) is 0 Å². The number of anilines is 2. The maximum absolute atomic E-state index is 14.3. The van der Waals surface area contributed by atoms with E-state index in [9.17, 15) is 62.3 Å². The van der Waals surface area contributed by atoms with Gasteiger partial charge in [0.2, 0.25) is 0 Å². The summed E-state index contributed by atoms with van der Waals surface area (Å²) in [6.45, 7) is 0. The SMILES string of the molecule is O=C1CC(=Nc2cc(NC(=O)C(F)(F)C(F)(F)C(F)(F)C(F)(F)C(F)(F)C(F)(F)Cl)ccc2Cl)NN1c1c(Cl)cc(Cl)cc1Cl. The lowest BCUT2D eigenvalue weighted by molar-refractivity contribution is -0.411. The highest BCUT2D eigenvalue weighted by Crippen LogP contribution is 2.60. The van der Waals surface area contributed by atoms with E-state index < -0.39 is 64.6 Å². The van der Waals surface area contributed by atoms with Gasteiger partial charge in [0.05, 0.1) is 27.2 Å². The van der Waals surface area contributed by atoms with Crippen LogP contribution >= 0.6 is 58.0 Å². The minimum Gasteiger partial charge on any atom is -0.321 e. The molecule has 0 unspecified atom stereocenters. The highest BCUT2D eigenvalue weighted by molar-refractivity contribution is 6.42. The van der Waals surface area contributed by atoms with Crippen LogP contribution in [-0.2, 0) is 9.59 Å². The third-order valence-corrected chi connectivity index (χ3v) is 7.04. The summed E-state index contributed by atoms with van der Waals surface area (Å²) in [6, 6.07) is 4.38. The minimum atomic E-state index is -8.00. The maximum Gasteiger partial charge on any atom is 0.393 e. The van der Waals surface area contributed by atoms with Crippen LogP contribution in [0.1, 0.15) is 6.42 Å². The van der Waals surface area contributed by atoms with Crippen molar-refractivity contribution < 1.29 is 62.3 Å². The monoisotopic (exact) mass is 764 g/mol. The summed E-state index contributed by atoms with van der Waals surface area (Å²) in [7, 11) is 0. The molecule has 2 amide bonds. The van der Waals surface area contributed by atoms with Crippen LogP contribution in [0.25, 0.3) is 0 Å². The zero-order valence-electron chi connectivity index (χ0n) is 20.7. The average Bonchev–Trinajstić information content (AvgIpc) is 3.23. The molecule has 0 saturated carbocycles. The molecule has 1 aliphatic heterocycles. The number of carbonyl (C=O) groups is 2. The Morgan fingerprint density at radius 2 is 1.29 bits per heavy atom. The van der Waals surface area contributed by atoms with E-state index in [1.165, 1.54) is 12.1 Å². The van der Waals surface area contributed by atoms with Gasteiger partial charge in [0.1, 0.15) is 11.5 Å². The number of amidine groups is 1. The summed E-state index contributed by atoms with van der Waals surface area (Å²) in [5.41, 5.74) is 0.897. The van der Waals surface area contributed by atoms with Crippen LogP contribution in [-0.4, -0.2) is 52.6 Å². The van der Waals surface area contributed by atoms with E-state index in [4.69, 9.17) is 46.4 Å².